The molecule has 10 heteroatoms. The summed E-state index contributed by atoms with van der Waals surface area (Å²) >= 11 is 0. The van der Waals surface area contributed by atoms with Gasteiger partial charge in [0.05, 0.1) is 18.4 Å². The highest BCUT2D eigenvalue weighted by atomic mass is 19.4. The van der Waals surface area contributed by atoms with E-state index < -0.39 is 42.2 Å². The van der Waals surface area contributed by atoms with Gasteiger partial charge in [0.25, 0.3) is 11.8 Å². The summed E-state index contributed by atoms with van der Waals surface area (Å²) in [6.45, 7) is 2.62. The summed E-state index contributed by atoms with van der Waals surface area (Å²) in [6, 6.07) is 8.69. The zero-order chi connectivity index (χ0) is 23.2. The lowest BCUT2D eigenvalue weighted by Gasteiger charge is -2.16. The van der Waals surface area contributed by atoms with Crippen LogP contribution in [-0.2, 0) is 20.5 Å². The van der Waals surface area contributed by atoms with Crippen molar-refractivity contribution < 1.29 is 37.0 Å². The summed E-state index contributed by atoms with van der Waals surface area (Å²) in [6.07, 6.45) is -5.68. The van der Waals surface area contributed by atoms with Crippen molar-refractivity contribution in [2.75, 3.05) is 19.0 Å². The third-order valence-electron chi connectivity index (χ3n) is 4.16. The van der Waals surface area contributed by atoms with Crippen LogP contribution < -0.4 is 15.4 Å². The van der Waals surface area contributed by atoms with Crippen molar-refractivity contribution in [3.63, 3.8) is 0 Å². The van der Waals surface area contributed by atoms with E-state index in [1.807, 2.05) is 6.92 Å². The van der Waals surface area contributed by atoms with E-state index in [2.05, 4.69) is 10.6 Å². The molecule has 0 aliphatic rings. The van der Waals surface area contributed by atoms with Gasteiger partial charge in [0.1, 0.15) is 12.3 Å². The summed E-state index contributed by atoms with van der Waals surface area (Å²) in [7, 11) is 1.45. The van der Waals surface area contributed by atoms with Crippen LogP contribution in [0.4, 0.5) is 18.9 Å². The molecule has 0 aliphatic carbocycles. The molecule has 2 aromatic carbocycles. The molecule has 0 aromatic heterocycles. The average Bonchev–Trinajstić information content (AvgIpc) is 2.71. The SMILES string of the molecule is COc1ccc(C)cc1NC(=O)C(C)OC(=O)CNC(=O)c1ccc(C(F)(F)F)cc1. The van der Waals surface area contributed by atoms with E-state index in [1.54, 1.807) is 18.2 Å². The largest absolute Gasteiger partial charge is 0.495 e. The summed E-state index contributed by atoms with van der Waals surface area (Å²) < 4.78 is 47.8. The van der Waals surface area contributed by atoms with Crippen LogP contribution in [0, 0.1) is 6.92 Å². The maximum absolute atomic E-state index is 12.6. The Kier molecular flexibility index (Phi) is 7.62. The second-order valence-electron chi connectivity index (χ2n) is 6.58. The number of alkyl halides is 3. The maximum Gasteiger partial charge on any atom is 0.416 e. The Labute approximate surface area is 176 Å². The molecule has 0 heterocycles. The highest BCUT2D eigenvalue weighted by Gasteiger charge is 2.30. The minimum Gasteiger partial charge on any atom is -0.495 e. The van der Waals surface area contributed by atoms with Gasteiger partial charge in [-0.2, -0.15) is 13.2 Å². The fraction of sp³-hybridized carbons (Fsp3) is 0.286. The number of halogens is 3. The number of hydrogen-bond acceptors (Lipinski definition) is 5. The first-order valence-corrected chi connectivity index (χ1v) is 9.11. The molecule has 1 unspecified atom stereocenters. The molecule has 2 rings (SSSR count). The van der Waals surface area contributed by atoms with Gasteiger partial charge in [0.15, 0.2) is 6.10 Å². The van der Waals surface area contributed by atoms with Crippen LogP contribution in [0.15, 0.2) is 42.5 Å². The molecule has 31 heavy (non-hydrogen) atoms. The van der Waals surface area contributed by atoms with E-state index in [0.29, 0.717) is 11.4 Å². The van der Waals surface area contributed by atoms with Gasteiger partial charge in [-0.3, -0.25) is 14.4 Å². The van der Waals surface area contributed by atoms with Crippen molar-refractivity contribution in [3.05, 3.63) is 59.2 Å². The van der Waals surface area contributed by atoms with Crippen molar-refractivity contribution in [1.82, 2.24) is 5.32 Å². The van der Waals surface area contributed by atoms with Gasteiger partial charge in [-0.05, 0) is 55.8 Å². The molecule has 0 saturated heterocycles. The number of aryl methyl sites for hydroxylation is 1. The number of esters is 1. The third-order valence-corrected chi connectivity index (χ3v) is 4.16. The normalized spacial score (nSPS) is 11.9. The molecule has 0 aliphatic heterocycles. The van der Waals surface area contributed by atoms with E-state index in [-0.39, 0.29) is 5.56 Å². The molecule has 1 atom stereocenters. The number of carbonyl (C=O) groups excluding carboxylic acids is 3. The summed E-state index contributed by atoms with van der Waals surface area (Å²) in [5, 5.41) is 4.83. The standard InChI is InChI=1S/C21H21F3N2O5/c1-12-4-9-17(30-3)16(10-12)26-19(28)13(2)31-18(27)11-25-20(29)14-5-7-15(8-6-14)21(22,23)24/h4-10,13H,11H2,1-3H3,(H,25,29)(H,26,28). The van der Waals surface area contributed by atoms with Gasteiger partial charge in [-0.25, -0.2) is 0 Å². The van der Waals surface area contributed by atoms with Crippen LogP contribution in [-0.4, -0.2) is 37.5 Å². The highest BCUT2D eigenvalue weighted by molar-refractivity contribution is 5.98. The van der Waals surface area contributed by atoms with E-state index >= 15 is 0 Å². The first kappa shape index (κ1) is 23.7. The zero-order valence-electron chi connectivity index (χ0n) is 17.0. The summed E-state index contributed by atoms with van der Waals surface area (Å²) in [4.78, 5) is 36.2. The summed E-state index contributed by atoms with van der Waals surface area (Å²) in [5.74, 6) is -1.82. The molecule has 0 spiro atoms. The Balaban J connectivity index is 1.87. The molecule has 2 N–H and O–H groups in total. The Morgan fingerprint density at radius 3 is 2.29 bits per heavy atom. The van der Waals surface area contributed by atoms with Crippen molar-refractivity contribution in [2.24, 2.45) is 0 Å². The van der Waals surface area contributed by atoms with Gasteiger partial charge in [-0.1, -0.05) is 6.07 Å². The van der Waals surface area contributed by atoms with Gasteiger partial charge in [0.2, 0.25) is 0 Å². The topological polar surface area (TPSA) is 93.7 Å². The molecular weight excluding hydrogens is 417 g/mol. The summed E-state index contributed by atoms with van der Waals surface area (Å²) in [5.41, 5.74) is 0.337. The Morgan fingerprint density at radius 2 is 1.71 bits per heavy atom. The average molecular weight is 438 g/mol. The maximum atomic E-state index is 12.6. The third kappa shape index (κ3) is 6.73. The Bertz CT molecular complexity index is 958. The van der Waals surface area contributed by atoms with E-state index in [4.69, 9.17) is 9.47 Å². The van der Waals surface area contributed by atoms with Crippen LogP contribution in [0.25, 0.3) is 0 Å². The van der Waals surface area contributed by atoms with E-state index in [1.165, 1.54) is 14.0 Å². The fourth-order valence-electron chi connectivity index (χ4n) is 2.51. The number of methoxy groups -OCH3 is 1. The predicted molar refractivity (Wildman–Crippen MR) is 106 cm³/mol. The number of rotatable bonds is 7. The number of ether oxygens (including phenoxy) is 2. The number of anilines is 1. The molecular formula is C21H21F3N2O5. The van der Waals surface area contributed by atoms with Crippen molar-refractivity contribution in [3.8, 4) is 5.75 Å². The minimum atomic E-state index is -4.52. The number of benzene rings is 2. The molecule has 2 amide bonds. The Morgan fingerprint density at radius 1 is 1.06 bits per heavy atom. The van der Waals surface area contributed by atoms with Crippen molar-refractivity contribution in [2.45, 2.75) is 26.1 Å². The van der Waals surface area contributed by atoms with Crippen LogP contribution in [0.3, 0.4) is 0 Å². The van der Waals surface area contributed by atoms with Crippen molar-refractivity contribution in [1.29, 1.82) is 0 Å². The monoisotopic (exact) mass is 438 g/mol. The van der Waals surface area contributed by atoms with Gasteiger partial charge in [-0.15, -0.1) is 0 Å². The van der Waals surface area contributed by atoms with Gasteiger partial charge < -0.3 is 20.1 Å². The van der Waals surface area contributed by atoms with Crippen LogP contribution in [0.2, 0.25) is 0 Å². The molecule has 0 fully saturated rings. The first-order chi connectivity index (χ1) is 14.5. The Hall–Kier alpha value is -3.56. The number of hydrogen-bond donors (Lipinski definition) is 2. The lowest BCUT2D eigenvalue weighted by Crippen LogP contribution is -2.35. The van der Waals surface area contributed by atoms with Crippen LogP contribution in [0.1, 0.15) is 28.4 Å². The van der Waals surface area contributed by atoms with Crippen molar-refractivity contribution >= 4 is 23.5 Å². The lowest BCUT2D eigenvalue weighted by molar-refractivity contribution is -0.152. The van der Waals surface area contributed by atoms with Crippen LogP contribution in [0.5, 0.6) is 5.75 Å². The lowest BCUT2D eigenvalue weighted by atomic mass is 10.1. The van der Waals surface area contributed by atoms with Gasteiger partial charge in [0, 0.05) is 5.56 Å². The first-order valence-electron chi connectivity index (χ1n) is 9.11. The molecule has 0 saturated carbocycles. The zero-order valence-corrected chi connectivity index (χ0v) is 17.0. The smallest absolute Gasteiger partial charge is 0.416 e. The second-order valence-corrected chi connectivity index (χ2v) is 6.58. The highest BCUT2D eigenvalue weighted by Crippen LogP contribution is 2.29. The molecule has 2 aromatic rings. The number of nitrogens with one attached hydrogen (secondary N) is 2. The minimum absolute atomic E-state index is 0.0573. The van der Waals surface area contributed by atoms with E-state index in [0.717, 1.165) is 29.8 Å². The molecule has 0 bridgehead atoms. The van der Waals surface area contributed by atoms with E-state index in [9.17, 15) is 27.6 Å². The van der Waals surface area contributed by atoms with Crippen LogP contribution >= 0.6 is 0 Å². The quantitative estimate of drug-likeness (QED) is 0.647. The predicted octanol–water partition coefficient (Wildman–Crippen LogP) is 3.32. The number of amides is 2. The second kappa shape index (κ2) is 9.96. The number of carbonyl (C=O) groups is 3. The fourth-order valence-corrected chi connectivity index (χ4v) is 2.51. The molecule has 0 radical (unpaired) electrons. The molecule has 166 valence electrons. The molecule has 7 nitrogen and oxygen atoms in total. The van der Waals surface area contributed by atoms with Gasteiger partial charge >= 0.3 is 12.1 Å².